The topological polar surface area (TPSA) is 30.0 Å². The number of likely N-dealkylation sites (tertiary alicyclic amines) is 1. The molecule has 1 saturated heterocycles. The van der Waals surface area contributed by atoms with Gasteiger partial charge in [-0.1, -0.05) is 23.7 Å². The second-order valence-corrected chi connectivity index (χ2v) is 6.69. The van der Waals surface area contributed by atoms with E-state index >= 15 is 0 Å². The van der Waals surface area contributed by atoms with Crippen LogP contribution in [0.2, 0.25) is 5.02 Å². The molecule has 1 heterocycles. The lowest BCUT2D eigenvalue weighted by atomic mass is 9.94. The van der Waals surface area contributed by atoms with E-state index in [-0.39, 0.29) is 5.48 Å². The minimum Gasteiger partial charge on any atom is -0.870 e. The Morgan fingerprint density at radius 3 is 2.16 bits per heavy atom. The van der Waals surface area contributed by atoms with Crippen LogP contribution in [0, 0.1) is 0 Å². The lowest BCUT2D eigenvalue weighted by molar-refractivity contribution is -0.917. The molecule has 1 aromatic rings. The van der Waals surface area contributed by atoms with Crippen LogP contribution in [0.4, 0.5) is 0 Å². The number of hydrogen-bond donors (Lipinski definition) is 0. The van der Waals surface area contributed by atoms with Crippen molar-refractivity contribution in [2.75, 3.05) is 26.2 Å². The number of hydrogen-bond acceptors (Lipinski definition) is 1. The number of likely N-dealkylation sites (N-methyl/N-ethyl adjacent to an activating group) is 1. The normalized spacial score (nSPS) is 22.8. The predicted octanol–water partition coefficient (Wildman–Crippen LogP) is 3.83. The van der Waals surface area contributed by atoms with Crippen molar-refractivity contribution in [3.63, 3.8) is 0 Å². The van der Waals surface area contributed by atoms with E-state index in [1.165, 1.54) is 61.9 Å². The molecular formula is C16H24ClNO. The third kappa shape index (κ3) is 2.81. The zero-order valence-electron chi connectivity index (χ0n) is 11.7. The van der Waals surface area contributed by atoms with Crippen molar-refractivity contribution in [2.45, 2.75) is 38.0 Å². The zero-order valence-corrected chi connectivity index (χ0v) is 12.5. The van der Waals surface area contributed by atoms with Gasteiger partial charge in [-0.05, 0) is 37.5 Å². The highest BCUT2D eigenvalue weighted by atomic mass is 35.5. The van der Waals surface area contributed by atoms with Gasteiger partial charge in [0.25, 0.3) is 0 Å². The molecule has 106 valence electrons. The summed E-state index contributed by atoms with van der Waals surface area (Å²) in [6.45, 7) is 7.81. The Labute approximate surface area is 121 Å². The van der Waals surface area contributed by atoms with Crippen LogP contribution in [-0.4, -0.2) is 36.1 Å². The molecule has 1 aromatic carbocycles. The Hall–Kier alpha value is -0.570. The van der Waals surface area contributed by atoms with Crippen molar-refractivity contribution in [3.8, 4) is 0 Å². The summed E-state index contributed by atoms with van der Waals surface area (Å²) in [6.07, 6.45) is 5.58. The summed E-state index contributed by atoms with van der Waals surface area (Å²) in [5, 5.41) is 0.857. The van der Waals surface area contributed by atoms with Gasteiger partial charge in [0.1, 0.15) is 0 Å². The van der Waals surface area contributed by atoms with Gasteiger partial charge in [0, 0.05) is 23.3 Å². The fraction of sp³-hybridized carbons (Fsp3) is 0.625. The minimum atomic E-state index is 0. The molecule has 2 fully saturated rings. The molecule has 1 aliphatic heterocycles. The maximum Gasteiger partial charge on any atom is 0.0884 e. The van der Waals surface area contributed by atoms with Crippen LogP contribution < -0.4 is 0 Å². The molecule has 0 unspecified atom stereocenters. The van der Waals surface area contributed by atoms with Crippen LogP contribution in [0.3, 0.4) is 0 Å². The van der Waals surface area contributed by atoms with Crippen LogP contribution in [0.15, 0.2) is 24.3 Å². The molecule has 1 aliphatic carbocycles. The Kier molecular flexibility index (Phi) is 4.24. The fourth-order valence-electron chi connectivity index (χ4n) is 3.73. The highest BCUT2D eigenvalue weighted by molar-refractivity contribution is 6.30. The summed E-state index contributed by atoms with van der Waals surface area (Å²) >= 11 is 6.00. The fourth-order valence-corrected chi connectivity index (χ4v) is 3.85. The Morgan fingerprint density at radius 2 is 1.68 bits per heavy atom. The van der Waals surface area contributed by atoms with Crippen molar-refractivity contribution in [2.24, 2.45) is 0 Å². The van der Waals surface area contributed by atoms with Gasteiger partial charge in [-0.25, -0.2) is 0 Å². The first-order valence-corrected chi connectivity index (χ1v) is 7.67. The Morgan fingerprint density at radius 1 is 1.11 bits per heavy atom. The molecule has 1 saturated carbocycles. The van der Waals surface area contributed by atoms with E-state index < -0.39 is 0 Å². The summed E-state index contributed by atoms with van der Waals surface area (Å²) in [7, 11) is 0. The van der Waals surface area contributed by atoms with Crippen LogP contribution >= 0.6 is 11.6 Å². The third-order valence-electron chi connectivity index (χ3n) is 5.13. The highest BCUT2D eigenvalue weighted by Gasteiger charge is 2.51. The number of nitrogens with zero attached hydrogens (tertiary/aromatic N) is 1. The molecule has 19 heavy (non-hydrogen) atoms. The summed E-state index contributed by atoms with van der Waals surface area (Å²) in [6, 6.07) is 8.60. The van der Waals surface area contributed by atoms with Crippen molar-refractivity contribution in [1.82, 2.24) is 0 Å². The molecule has 0 aromatic heterocycles. The number of rotatable bonds is 4. The summed E-state index contributed by atoms with van der Waals surface area (Å²) in [5.41, 5.74) is 2.00. The maximum absolute atomic E-state index is 6.00. The van der Waals surface area contributed by atoms with Crippen LogP contribution in [0.5, 0.6) is 0 Å². The van der Waals surface area contributed by atoms with E-state index in [1.807, 2.05) is 0 Å². The maximum atomic E-state index is 6.00. The average Bonchev–Trinajstić information content (AvgIpc) is 3.00. The van der Waals surface area contributed by atoms with Gasteiger partial charge in [-0.3, -0.25) is 0 Å². The molecule has 0 bridgehead atoms. The number of benzene rings is 1. The first kappa shape index (κ1) is 14.8. The van der Waals surface area contributed by atoms with E-state index in [0.717, 1.165) is 5.02 Å². The number of quaternary nitrogens is 1. The average molecular weight is 282 g/mol. The monoisotopic (exact) mass is 281 g/mol. The summed E-state index contributed by atoms with van der Waals surface area (Å²) in [4.78, 5) is 0. The highest BCUT2D eigenvalue weighted by Crippen LogP contribution is 2.50. The van der Waals surface area contributed by atoms with Gasteiger partial charge < -0.3 is 9.96 Å². The smallest absolute Gasteiger partial charge is 0.0884 e. The molecule has 0 atom stereocenters. The Bertz CT molecular complexity index is 419. The minimum absolute atomic E-state index is 0. The molecule has 0 radical (unpaired) electrons. The van der Waals surface area contributed by atoms with E-state index in [1.54, 1.807) is 0 Å². The molecule has 3 rings (SSSR count). The molecule has 2 aliphatic rings. The van der Waals surface area contributed by atoms with E-state index in [4.69, 9.17) is 11.6 Å². The zero-order chi connectivity index (χ0) is 12.6. The van der Waals surface area contributed by atoms with Crippen LogP contribution in [-0.2, 0) is 5.41 Å². The molecule has 2 nitrogen and oxygen atoms in total. The second kappa shape index (κ2) is 5.43. The van der Waals surface area contributed by atoms with Crippen molar-refractivity contribution < 1.29 is 9.96 Å². The quantitative estimate of drug-likeness (QED) is 0.772. The SMILES string of the molecule is CC[N+]1(CC2(c3ccc(Cl)cc3)CC2)CCCC1.[OH-]. The van der Waals surface area contributed by atoms with Gasteiger partial charge in [0.05, 0.1) is 26.2 Å². The van der Waals surface area contributed by atoms with E-state index in [0.29, 0.717) is 5.41 Å². The van der Waals surface area contributed by atoms with Gasteiger partial charge in [0.15, 0.2) is 0 Å². The molecule has 1 N–H and O–H groups in total. The summed E-state index contributed by atoms with van der Waals surface area (Å²) in [5.74, 6) is 0. The molecular weight excluding hydrogens is 258 g/mol. The van der Waals surface area contributed by atoms with Crippen molar-refractivity contribution >= 4 is 11.6 Å². The molecule has 0 spiro atoms. The third-order valence-corrected chi connectivity index (χ3v) is 5.39. The number of halogens is 1. The second-order valence-electron chi connectivity index (χ2n) is 6.26. The lowest BCUT2D eigenvalue weighted by Crippen LogP contribution is -2.49. The first-order valence-electron chi connectivity index (χ1n) is 7.29. The molecule has 0 amide bonds. The van der Waals surface area contributed by atoms with Crippen molar-refractivity contribution in [1.29, 1.82) is 0 Å². The first-order chi connectivity index (χ1) is 8.68. The predicted molar refractivity (Wildman–Crippen MR) is 78.9 cm³/mol. The standard InChI is InChI=1S/C16H23ClN.H2O/c1-2-18(11-3-4-12-18)13-16(9-10-16)14-5-7-15(17)8-6-14;/h5-8H,2-4,9-13H2,1H3;1H2/q+1;/p-1. The Balaban J connectivity index is 0.00000133. The van der Waals surface area contributed by atoms with Gasteiger partial charge >= 0.3 is 0 Å². The van der Waals surface area contributed by atoms with Gasteiger partial charge in [-0.2, -0.15) is 0 Å². The summed E-state index contributed by atoms with van der Waals surface area (Å²) < 4.78 is 1.35. The lowest BCUT2D eigenvalue weighted by Gasteiger charge is -2.37. The van der Waals surface area contributed by atoms with Gasteiger partial charge in [0.2, 0.25) is 0 Å². The van der Waals surface area contributed by atoms with Crippen molar-refractivity contribution in [3.05, 3.63) is 34.9 Å². The van der Waals surface area contributed by atoms with E-state index in [9.17, 15) is 0 Å². The van der Waals surface area contributed by atoms with Crippen LogP contribution in [0.1, 0.15) is 38.2 Å². The van der Waals surface area contributed by atoms with Crippen LogP contribution in [0.25, 0.3) is 0 Å². The molecule has 3 heteroatoms. The van der Waals surface area contributed by atoms with Gasteiger partial charge in [-0.15, -0.1) is 0 Å². The largest absolute Gasteiger partial charge is 0.870 e. The van der Waals surface area contributed by atoms with E-state index in [2.05, 4.69) is 31.2 Å².